The number of halogens is 1. The molecule has 6 heteroatoms. The van der Waals surface area contributed by atoms with Crippen LogP contribution in [0.3, 0.4) is 0 Å². The number of benzene rings is 2. The molecule has 4 rings (SSSR count). The lowest BCUT2D eigenvalue weighted by Crippen LogP contribution is -2.45. The van der Waals surface area contributed by atoms with E-state index in [0.29, 0.717) is 31.0 Å². The molecule has 1 fully saturated rings. The summed E-state index contributed by atoms with van der Waals surface area (Å²) in [6, 6.07) is 15.8. The van der Waals surface area contributed by atoms with E-state index in [1.165, 1.54) is 4.90 Å². The van der Waals surface area contributed by atoms with E-state index in [4.69, 9.17) is 16.6 Å². The minimum Gasteiger partial charge on any atom is -0.465 e. The normalized spacial score (nSPS) is 16.9. The number of piperidine rings is 1. The van der Waals surface area contributed by atoms with Crippen LogP contribution in [0, 0.1) is 0 Å². The van der Waals surface area contributed by atoms with Gasteiger partial charge in [-0.2, -0.15) is 0 Å². The number of likely N-dealkylation sites (tertiary alicyclic amines) is 1. The lowest BCUT2D eigenvalue weighted by molar-refractivity contribution is 0.121. The van der Waals surface area contributed by atoms with E-state index in [0.717, 1.165) is 22.4 Å². The first-order valence-corrected chi connectivity index (χ1v) is 8.65. The van der Waals surface area contributed by atoms with Gasteiger partial charge in [-0.1, -0.05) is 41.9 Å². The maximum Gasteiger partial charge on any atom is 0.407 e. The highest BCUT2D eigenvalue weighted by Crippen LogP contribution is 2.41. The van der Waals surface area contributed by atoms with E-state index >= 15 is 0 Å². The number of nitrogens with one attached hydrogen (secondary N) is 1. The van der Waals surface area contributed by atoms with Crippen LogP contribution in [0.5, 0.6) is 0 Å². The van der Waals surface area contributed by atoms with Crippen molar-refractivity contribution in [1.29, 1.82) is 0 Å². The molecule has 0 bridgehead atoms. The largest absolute Gasteiger partial charge is 0.465 e. The number of hydrogen-bond donors (Lipinski definition) is 2. The molecule has 0 atom stereocenters. The molecule has 1 aliphatic heterocycles. The van der Waals surface area contributed by atoms with Gasteiger partial charge in [-0.25, -0.2) is 9.78 Å². The van der Waals surface area contributed by atoms with Crippen molar-refractivity contribution in [3.8, 4) is 0 Å². The Labute approximate surface area is 150 Å². The number of fused-ring (bicyclic) bond motifs is 1. The number of carboxylic acid groups (broad SMARTS) is 1. The zero-order valence-electron chi connectivity index (χ0n) is 13.6. The van der Waals surface area contributed by atoms with Crippen LogP contribution in [0.15, 0.2) is 48.5 Å². The van der Waals surface area contributed by atoms with Crippen molar-refractivity contribution in [2.45, 2.75) is 18.3 Å². The zero-order valence-corrected chi connectivity index (χ0v) is 14.3. The third-order valence-electron chi connectivity index (χ3n) is 5.11. The first-order valence-electron chi connectivity index (χ1n) is 8.28. The molecule has 0 saturated carbocycles. The predicted octanol–water partition coefficient (Wildman–Crippen LogP) is 4.28. The topological polar surface area (TPSA) is 69.2 Å². The number of carbonyl (C=O) groups is 1. The molecule has 1 amide bonds. The molecule has 5 nitrogen and oxygen atoms in total. The molecule has 1 aliphatic rings. The standard InChI is InChI=1S/C19H18ClN3O2/c20-14-6-7-15-16(12-14)22-17(21-15)19(13-4-2-1-3-5-13)8-10-23(11-9-19)18(24)25/h1-7,12H,8-11H2,(H,21,22)(H,24,25). The highest BCUT2D eigenvalue weighted by Gasteiger charge is 2.41. The second kappa shape index (κ2) is 6.08. The highest BCUT2D eigenvalue weighted by atomic mass is 35.5. The third-order valence-corrected chi connectivity index (χ3v) is 5.35. The summed E-state index contributed by atoms with van der Waals surface area (Å²) in [5.74, 6) is 0.876. The van der Waals surface area contributed by atoms with Gasteiger partial charge >= 0.3 is 6.09 Å². The van der Waals surface area contributed by atoms with Gasteiger partial charge < -0.3 is 15.0 Å². The fourth-order valence-electron chi connectivity index (χ4n) is 3.71. The van der Waals surface area contributed by atoms with Crippen molar-refractivity contribution in [3.63, 3.8) is 0 Å². The Hall–Kier alpha value is -2.53. The lowest BCUT2D eigenvalue weighted by Gasteiger charge is -2.40. The molecule has 2 aromatic carbocycles. The van der Waals surface area contributed by atoms with Crippen molar-refractivity contribution in [1.82, 2.24) is 14.9 Å². The van der Waals surface area contributed by atoms with Gasteiger partial charge in [0.2, 0.25) is 0 Å². The van der Waals surface area contributed by atoms with Gasteiger partial charge in [-0.05, 0) is 36.6 Å². The van der Waals surface area contributed by atoms with E-state index < -0.39 is 6.09 Å². The van der Waals surface area contributed by atoms with Crippen LogP contribution >= 0.6 is 11.6 Å². The van der Waals surface area contributed by atoms with E-state index in [-0.39, 0.29) is 5.41 Å². The van der Waals surface area contributed by atoms with Crippen LogP contribution in [0.1, 0.15) is 24.2 Å². The van der Waals surface area contributed by atoms with Crippen LogP contribution in [0.2, 0.25) is 5.02 Å². The molecule has 128 valence electrons. The van der Waals surface area contributed by atoms with Crippen LogP contribution < -0.4 is 0 Å². The zero-order chi connectivity index (χ0) is 17.4. The SMILES string of the molecule is O=C(O)N1CCC(c2ccccc2)(c2nc3ccc(Cl)cc3[nH]2)CC1. The Balaban J connectivity index is 1.81. The minimum absolute atomic E-state index is 0.321. The average Bonchev–Trinajstić information content (AvgIpc) is 3.06. The summed E-state index contributed by atoms with van der Waals surface area (Å²) in [5.41, 5.74) is 2.61. The molecule has 1 saturated heterocycles. The number of hydrogen-bond acceptors (Lipinski definition) is 2. The quantitative estimate of drug-likeness (QED) is 0.721. The summed E-state index contributed by atoms with van der Waals surface area (Å²) in [4.78, 5) is 21.0. The van der Waals surface area contributed by atoms with Crippen LogP contribution in [0.25, 0.3) is 11.0 Å². The summed E-state index contributed by atoms with van der Waals surface area (Å²) in [7, 11) is 0. The van der Waals surface area contributed by atoms with Gasteiger partial charge in [0, 0.05) is 18.1 Å². The minimum atomic E-state index is -0.863. The molecule has 3 aromatic rings. The number of rotatable bonds is 2. The maximum absolute atomic E-state index is 11.3. The van der Waals surface area contributed by atoms with Gasteiger partial charge in [0.05, 0.1) is 16.4 Å². The van der Waals surface area contributed by atoms with Gasteiger partial charge in [0.25, 0.3) is 0 Å². The van der Waals surface area contributed by atoms with Gasteiger partial charge in [-0.3, -0.25) is 0 Å². The fraction of sp³-hybridized carbons (Fsp3) is 0.263. The van der Waals surface area contributed by atoms with Crippen molar-refractivity contribution in [2.75, 3.05) is 13.1 Å². The van der Waals surface area contributed by atoms with Crippen molar-refractivity contribution >= 4 is 28.7 Å². The summed E-state index contributed by atoms with van der Waals surface area (Å²) < 4.78 is 0. The Kier molecular flexibility index (Phi) is 3.88. The van der Waals surface area contributed by atoms with Crippen LogP contribution in [-0.4, -0.2) is 39.2 Å². The van der Waals surface area contributed by atoms with Crippen molar-refractivity contribution in [2.24, 2.45) is 0 Å². The monoisotopic (exact) mass is 355 g/mol. The summed E-state index contributed by atoms with van der Waals surface area (Å²) in [5, 5.41) is 9.95. The van der Waals surface area contributed by atoms with E-state index in [9.17, 15) is 9.90 Å². The average molecular weight is 356 g/mol. The third kappa shape index (κ3) is 2.74. The first-order chi connectivity index (χ1) is 12.1. The molecule has 0 aliphatic carbocycles. The smallest absolute Gasteiger partial charge is 0.407 e. The summed E-state index contributed by atoms with van der Waals surface area (Å²) in [6.45, 7) is 0.976. The van der Waals surface area contributed by atoms with Crippen molar-refractivity contribution in [3.05, 3.63) is 64.9 Å². The number of nitrogens with zero attached hydrogens (tertiary/aromatic N) is 2. The molecule has 1 aromatic heterocycles. The second-order valence-electron chi connectivity index (χ2n) is 6.46. The number of aromatic amines is 1. The van der Waals surface area contributed by atoms with Gasteiger partial charge in [-0.15, -0.1) is 0 Å². The molecule has 2 N–H and O–H groups in total. The first kappa shape index (κ1) is 16.0. The highest BCUT2D eigenvalue weighted by molar-refractivity contribution is 6.31. The number of aromatic nitrogens is 2. The Morgan fingerprint density at radius 3 is 2.56 bits per heavy atom. The van der Waals surface area contributed by atoms with Gasteiger partial charge in [0.1, 0.15) is 5.82 Å². The van der Waals surface area contributed by atoms with Crippen molar-refractivity contribution < 1.29 is 9.90 Å². The predicted molar refractivity (Wildman–Crippen MR) is 97.2 cm³/mol. The Morgan fingerprint density at radius 2 is 1.88 bits per heavy atom. The van der Waals surface area contributed by atoms with E-state index in [1.54, 1.807) is 0 Å². The molecular weight excluding hydrogens is 338 g/mol. The number of imidazole rings is 1. The molecule has 2 heterocycles. The molecule has 25 heavy (non-hydrogen) atoms. The van der Waals surface area contributed by atoms with Crippen LogP contribution in [-0.2, 0) is 5.41 Å². The Bertz CT molecular complexity index is 915. The molecule has 0 radical (unpaired) electrons. The number of H-pyrrole nitrogens is 1. The maximum atomic E-state index is 11.3. The molecular formula is C19H18ClN3O2. The number of amides is 1. The molecule has 0 spiro atoms. The van der Waals surface area contributed by atoms with Gasteiger partial charge in [0.15, 0.2) is 0 Å². The lowest BCUT2D eigenvalue weighted by atomic mass is 9.72. The Morgan fingerprint density at radius 1 is 1.16 bits per heavy atom. The summed E-state index contributed by atoms with van der Waals surface area (Å²) >= 11 is 6.10. The fourth-order valence-corrected chi connectivity index (χ4v) is 3.88. The van der Waals surface area contributed by atoms with E-state index in [1.807, 2.05) is 36.4 Å². The van der Waals surface area contributed by atoms with E-state index in [2.05, 4.69) is 17.1 Å². The summed E-state index contributed by atoms with van der Waals surface area (Å²) in [6.07, 6.45) is 0.520. The molecule has 0 unspecified atom stereocenters. The van der Waals surface area contributed by atoms with Crippen LogP contribution in [0.4, 0.5) is 4.79 Å². The second-order valence-corrected chi connectivity index (χ2v) is 6.90.